The molecule has 0 aromatic heterocycles. The summed E-state index contributed by atoms with van der Waals surface area (Å²) >= 11 is 0. The van der Waals surface area contributed by atoms with Gasteiger partial charge < -0.3 is 15.4 Å². The molecule has 0 saturated heterocycles. The van der Waals surface area contributed by atoms with E-state index in [1.54, 1.807) is 12.1 Å². The highest BCUT2D eigenvalue weighted by molar-refractivity contribution is 7.90. The first-order valence-corrected chi connectivity index (χ1v) is 10.9. The summed E-state index contributed by atoms with van der Waals surface area (Å²) < 4.78 is 52.9. The molecule has 0 amide bonds. The van der Waals surface area contributed by atoms with Crippen molar-refractivity contribution in [3.8, 4) is 5.75 Å². The number of hydrogen-bond donors (Lipinski definition) is 2. The molecule has 6 nitrogen and oxygen atoms in total. The summed E-state index contributed by atoms with van der Waals surface area (Å²) in [4.78, 5) is 4.44. The third-order valence-electron chi connectivity index (χ3n) is 4.34. The predicted octanol–water partition coefficient (Wildman–Crippen LogP) is 2.48. The summed E-state index contributed by atoms with van der Waals surface area (Å²) in [6.07, 6.45) is 2.96. The first-order valence-electron chi connectivity index (χ1n) is 8.87. The highest BCUT2D eigenvalue weighted by Crippen LogP contribution is 2.46. The molecule has 0 unspecified atom stereocenters. The Morgan fingerprint density at radius 2 is 2.04 bits per heavy atom. The molecular formula is C18H27F2N3O3S. The van der Waals surface area contributed by atoms with Gasteiger partial charge in [-0.3, -0.25) is 0 Å². The van der Waals surface area contributed by atoms with Gasteiger partial charge in [-0.25, -0.2) is 13.4 Å². The number of sulfone groups is 1. The number of halogens is 2. The van der Waals surface area contributed by atoms with Crippen molar-refractivity contribution >= 4 is 15.8 Å². The molecule has 0 aliphatic heterocycles. The van der Waals surface area contributed by atoms with Gasteiger partial charge in [-0.15, -0.1) is 0 Å². The van der Waals surface area contributed by atoms with Crippen LogP contribution in [-0.4, -0.2) is 46.1 Å². The summed E-state index contributed by atoms with van der Waals surface area (Å²) in [6, 6.07) is 4.98. The van der Waals surface area contributed by atoms with Crippen LogP contribution in [0.5, 0.6) is 5.75 Å². The molecule has 27 heavy (non-hydrogen) atoms. The molecule has 152 valence electrons. The lowest BCUT2D eigenvalue weighted by Crippen LogP contribution is -2.41. The fourth-order valence-electron chi connectivity index (χ4n) is 2.93. The Bertz CT molecular complexity index is 778. The van der Waals surface area contributed by atoms with Gasteiger partial charge in [-0.1, -0.05) is 17.7 Å². The third-order valence-corrected chi connectivity index (χ3v) is 5.48. The smallest absolute Gasteiger partial charge is 0.387 e. The zero-order chi connectivity index (χ0) is 20.1. The summed E-state index contributed by atoms with van der Waals surface area (Å²) in [5.74, 6) is 0.768. The maximum atomic E-state index is 12.6. The maximum Gasteiger partial charge on any atom is 0.387 e. The Balaban J connectivity index is 2.06. The molecule has 1 fully saturated rings. The Kier molecular flexibility index (Phi) is 7.02. The van der Waals surface area contributed by atoms with Crippen molar-refractivity contribution in [1.29, 1.82) is 0 Å². The lowest BCUT2D eigenvalue weighted by Gasteiger charge is -2.18. The number of alkyl halides is 2. The van der Waals surface area contributed by atoms with Gasteiger partial charge >= 0.3 is 6.61 Å². The van der Waals surface area contributed by atoms with Crippen molar-refractivity contribution in [3.63, 3.8) is 0 Å². The Labute approximate surface area is 159 Å². The fraction of sp³-hybridized carbons (Fsp3) is 0.611. The van der Waals surface area contributed by atoms with Crippen LogP contribution in [0.25, 0.3) is 0 Å². The number of rotatable bonds is 9. The second kappa shape index (κ2) is 8.86. The quantitative estimate of drug-likeness (QED) is 0.489. The minimum Gasteiger partial charge on any atom is -0.434 e. The second-order valence-corrected chi connectivity index (χ2v) is 9.25. The standard InChI is InChI=1S/C18H27F2N3O3S/c1-4-21-17(23-11-18(7-8-18)12-27(3,24)25)22-10-14-9-13(2)5-6-15(14)26-16(19)20/h5-6,9,16H,4,7-8,10-12H2,1-3H3,(H2,21,22,23). The predicted molar refractivity (Wildman–Crippen MR) is 102 cm³/mol. The molecule has 2 N–H and O–H groups in total. The van der Waals surface area contributed by atoms with Crippen molar-refractivity contribution in [2.24, 2.45) is 10.4 Å². The summed E-state index contributed by atoms with van der Waals surface area (Å²) in [5.41, 5.74) is 1.24. The maximum absolute atomic E-state index is 12.6. The van der Waals surface area contributed by atoms with Crippen LogP contribution in [0.15, 0.2) is 23.2 Å². The topological polar surface area (TPSA) is 79.8 Å². The highest BCUT2D eigenvalue weighted by Gasteiger charge is 2.45. The van der Waals surface area contributed by atoms with Gasteiger partial charge in [0.05, 0.1) is 12.3 Å². The Morgan fingerprint density at radius 3 is 2.59 bits per heavy atom. The van der Waals surface area contributed by atoms with E-state index in [0.29, 0.717) is 24.6 Å². The lowest BCUT2D eigenvalue weighted by molar-refractivity contribution is -0.0504. The molecule has 1 aromatic rings. The van der Waals surface area contributed by atoms with Gasteiger partial charge in [0.2, 0.25) is 0 Å². The number of aryl methyl sites for hydroxylation is 1. The van der Waals surface area contributed by atoms with Gasteiger partial charge in [0.25, 0.3) is 0 Å². The minimum atomic E-state index is -3.04. The normalized spacial score (nSPS) is 16.3. The fourth-order valence-corrected chi connectivity index (χ4v) is 4.43. The van der Waals surface area contributed by atoms with E-state index in [-0.39, 0.29) is 23.5 Å². The van der Waals surface area contributed by atoms with Gasteiger partial charge in [0, 0.05) is 30.3 Å². The minimum absolute atomic E-state index is 0.103. The first kappa shape index (κ1) is 21.4. The molecular weight excluding hydrogens is 376 g/mol. The molecule has 1 saturated carbocycles. The van der Waals surface area contributed by atoms with Crippen molar-refractivity contribution < 1.29 is 21.9 Å². The van der Waals surface area contributed by atoms with E-state index in [1.165, 1.54) is 12.3 Å². The number of nitrogens with one attached hydrogen (secondary N) is 2. The van der Waals surface area contributed by atoms with Crippen LogP contribution in [0.1, 0.15) is 30.9 Å². The average Bonchev–Trinajstić information content (AvgIpc) is 3.29. The van der Waals surface area contributed by atoms with Crippen molar-refractivity contribution in [2.45, 2.75) is 39.8 Å². The van der Waals surface area contributed by atoms with E-state index in [2.05, 4.69) is 20.4 Å². The summed E-state index contributed by atoms with van der Waals surface area (Å²) in [5, 5.41) is 6.27. The van der Waals surface area contributed by atoms with Crippen LogP contribution in [0, 0.1) is 12.3 Å². The number of benzene rings is 1. The lowest BCUT2D eigenvalue weighted by atomic mass is 10.1. The molecule has 1 aliphatic rings. The molecule has 0 bridgehead atoms. The van der Waals surface area contributed by atoms with E-state index in [0.717, 1.165) is 18.4 Å². The highest BCUT2D eigenvalue weighted by atomic mass is 32.2. The number of aliphatic imine (C=N–C) groups is 1. The molecule has 0 heterocycles. The summed E-state index contributed by atoms with van der Waals surface area (Å²) in [6.45, 7) is 2.17. The Hall–Kier alpha value is -1.90. The second-order valence-electron chi connectivity index (χ2n) is 7.11. The zero-order valence-electron chi connectivity index (χ0n) is 15.9. The molecule has 0 atom stereocenters. The van der Waals surface area contributed by atoms with Gasteiger partial charge in [-0.2, -0.15) is 8.78 Å². The van der Waals surface area contributed by atoms with Gasteiger partial charge in [0.1, 0.15) is 15.6 Å². The SMILES string of the molecule is CCNC(=NCc1cc(C)ccc1OC(F)F)NCC1(CS(C)(=O)=O)CC1. The van der Waals surface area contributed by atoms with Crippen LogP contribution in [0.3, 0.4) is 0 Å². The van der Waals surface area contributed by atoms with Crippen molar-refractivity contribution in [3.05, 3.63) is 29.3 Å². The molecule has 0 radical (unpaired) electrons. The van der Waals surface area contributed by atoms with E-state index < -0.39 is 16.4 Å². The van der Waals surface area contributed by atoms with Crippen LogP contribution >= 0.6 is 0 Å². The average molecular weight is 403 g/mol. The number of guanidine groups is 1. The third kappa shape index (κ3) is 7.32. The van der Waals surface area contributed by atoms with Crippen LogP contribution < -0.4 is 15.4 Å². The number of hydrogen-bond acceptors (Lipinski definition) is 4. The molecule has 0 spiro atoms. The Morgan fingerprint density at radius 1 is 1.33 bits per heavy atom. The van der Waals surface area contributed by atoms with Crippen molar-refractivity contribution in [1.82, 2.24) is 10.6 Å². The van der Waals surface area contributed by atoms with E-state index >= 15 is 0 Å². The summed E-state index contributed by atoms with van der Waals surface area (Å²) in [7, 11) is -3.04. The number of ether oxygens (including phenoxy) is 1. The number of nitrogens with zero attached hydrogens (tertiary/aromatic N) is 1. The van der Waals surface area contributed by atoms with E-state index in [4.69, 9.17) is 0 Å². The zero-order valence-corrected chi connectivity index (χ0v) is 16.7. The van der Waals surface area contributed by atoms with Crippen LogP contribution in [0.2, 0.25) is 0 Å². The molecule has 2 rings (SSSR count). The van der Waals surface area contributed by atoms with Gasteiger partial charge in [-0.05, 0) is 32.8 Å². The largest absolute Gasteiger partial charge is 0.434 e. The molecule has 1 aliphatic carbocycles. The van der Waals surface area contributed by atoms with Gasteiger partial charge in [0.15, 0.2) is 5.96 Å². The molecule has 9 heteroatoms. The van der Waals surface area contributed by atoms with Crippen LogP contribution in [-0.2, 0) is 16.4 Å². The van der Waals surface area contributed by atoms with E-state index in [1.807, 2.05) is 13.8 Å². The monoisotopic (exact) mass is 403 g/mol. The first-order chi connectivity index (χ1) is 12.6. The van der Waals surface area contributed by atoms with Crippen molar-refractivity contribution in [2.75, 3.05) is 25.1 Å². The van der Waals surface area contributed by atoms with Crippen LogP contribution in [0.4, 0.5) is 8.78 Å². The molecule has 1 aromatic carbocycles. The van der Waals surface area contributed by atoms with E-state index in [9.17, 15) is 17.2 Å².